The molecule has 1 aromatic heterocycles. The molecule has 26 heavy (non-hydrogen) atoms. The Hall–Kier alpha value is -1.91. The number of aromatic nitrogens is 2. The fourth-order valence-corrected chi connectivity index (χ4v) is 2.82. The van der Waals surface area contributed by atoms with Gasteiger partial charge in [-0.2, -0.15) is 0 Å². The van der Waals surface area contributed by atoms with Gasteiger partial charge in [-0.05, 0) is 25.7 Å². The maximum absolute atomic E-state index is 11.2. The van der Waals surface area contributed by atoms with E-state index in [1.807, 2.05) is 18.4 Å². The van der Waals surface area contributed by atoms with Crippen LogP contribution in [0, 0.1) is 5.92 Å². The quantitative estimate of drug-likeness (QED) is 0.395. The van der Waals surface area contributed by atoms with Crippen LogP contribution in [0.2, 0.25) is 0 Å². The van der Waals surface area contributed by atoms with Gasteiger partial charge in [0.2, 0.25) is 6.41 Å². The zero-order chi connectivity index (χ0) is 19.9. The molecule has 1 unspecified atom stereocenters. The van der Waals surface area contributed by atoms with Crippen LogP contribution in [-0.4, -0.2) is 33.2 Å². The number of nitrogens with zero attached hydrogens (tertiary/aromatic N) is 3. The van der Waals surface area contributed by atoms with E-state index in [9.17, 15) is 9.59 Å². The van der Waals surface area contributed by atoms with Gasteiger partial charge in [-0.25, -0.2) is 4.98 Å². The van der Waals surface area contributed by atoms with Gasteiger partial charge in [-0.1, -0.05) is 52.7 Å². The number of rotatable bonds is 7. The molecule has 1 amide bonds. The van der Waals surface area contributed by atoms with Gasteiger partial charge in [0.05, 0.1) is 12.7 Å². The number of amides is 1. The number of ketones is 1. The standard InChI is InChI=1S/C10H20.C9H11N3O2.C2H6/c1-4-7-9-10(6-3)8-5-2;1-7(14)8-4-10-9-5-11(6-13)2-3-12(8)9;1-2/h5,8,10H,4,6-7,9H2,1-3H3;4,6H,2-3,5H2,1H3;1-2H3/b8-5+;;. The Morgan fingerprint density at radius 2 is 2.00 bits per heavy atom. The molecular formula is C21H37N3O2. The molecule has 1 aliphatic heterocycles. The molecule has 0 aromatic carbocycles. The van der Waals surface area contributed by atoms with Crippen LogP contribution in [0.4, 0.5) is 0 Å². The molecule has 2 rings (SSSR count). The summed E-state index contributed by atoms with van der Waals surface area (Å²) in [5.74, 6) is 1.64. The smallest absolute Gasteiger partial charge is 0.210 e. The SMILES string of the molecule is C/C=C/C(CC)CCCC.CC.CC(=O)c1cnc2n1CCN(C=O)C2. The van der Waals surface area contributed by atoms with E-state index in [0.29, 0.717) is 25.3 Å². The number of imidazole rings is 1. The molecule has 0 saturated carbocycles. The van der Waals surface area contributed by atoms with Crippen LogP contribution in [0.5, 0.6) is 0 Å². The minimum Gasteiger partial charge on any atom is -0.336 e. The van der Waals surface area contributed by atoms with E-state index < -0.39 is 0 Å². The third-order valence-corrected chi connectivity index (χ3v) is 4.32. The van der Waals surface area contributed by atoms with Crippen LogP contribution in [0.1, 0.15) is 83.5 Å². The van der Waals surface area contributed by atoms with Gasteiger partial charge in [0.25, 0.3) is 0 Å². The lowest BCUT2D eigenvalue weighted by Gasteiger charge is -2.24. The van der Waals surface area contributed by atoms with Crippen LogP contribution in [0.25, 0.3) is 0 Å². The Labute approximate surface area is 159 Å². The topological polar surface area (TPSA) is 55.2 Å². The highest BCUT2D eigenvalue weighted by Crippen LogP contribution is 2.14. The molecule has 148 valence electrons. The molecule has 0 bridgehead atoms. The number of hydrogen-bond donors (Lipinski definition) is 0. The van der Waals surface area contributed by atoms with Crippen molar-refractivity contribution in [3.8, 4) is 0 Å². The molecule has 1 atom stereocenters. The molecule has 1 aliphatic rings. The first-order valence-corrected chi connectivity index (χ1v) is 9.94. The fraction of sp³-hybridized carbons (Fsp3) is 0.667. The van der Waals surface area contributed by atoms with E-state index in [2.05, 4.69) is 37.9 Å². The predicted octanol–water partition coefficient (Wildman–Crippen LogP) is 4.86. The van der Waals surface area contributed by atoms with E-state index in [1.54, 1.807) is 11.1 Å². The lowest BCUT2D eigenvalue weighted by molar-refractivity contribution is -0.119. The maximum atomic E-state index is 11.2. The molecule has 0 fully saturated rings. The summed E-state index contributed by atoms with van der Waals surface area (Å²) in [6.45, 7) is 13.9. The van der Waals surface area contributed by atoms with Crippen molar-refractivity contribution in [2.45, 2.75) is 80.3 Å². The third-order valence-electron chi connectivity index (χ3n) is 4.32. The van der Waals surface area contributed by atoms with Crippen LogP contribution < -0.4 is 0 Å². The van der Waals surface area contributed by atoms with Crippen LogP contribution in [-0.2, 0) is 17.9 Å². The van der Waals surface area contributed by atoms with Crippen LogP contribution in [0.3, 0.4) is 0 Å². The maximum Gasteiger partial charge on any atom is 0.210 e. The number of hydrogen-bond acceptors (Lipinski definition) is 3. The minimum absolute atomic E-state index is 0.0169. The van der Waals surface area contributed by atoms with E-state index >= 15 is 0 Å². The highest BCUT2D eigenvalue weighted by molar-refractivity contribution is 5.92. The highest BCUT2D eigenvalue weighted by atomic mass is 16.1. The van der Waals surface area contributed by atoms with Gasteiger partial charge in [-0.3, -0.25) is 9.59 Å². The number of carbonyl (C=O) groups excluding carboxylic acids is 2. The highest BCUT2D eigenvalue weighted by Gasteiger charge is 2.19. The molecule has 0 N–H and O–H groups in total. The Morgan fingerprint density at radius 3 is 2.50 bits per heavy atom. The van der Waals surface area contributed by atoms with Crippen molar-refractivity contribution in [1.29, 1.82) is 0 Å². The average Bonchev–Trinajstić information content (AvgIpc) is 3.10. The zero-order valence-corrected chi connectivity index (χ0v) is 17.5. The minimum atomic E-state index is 0.0169. The van der Waals surface area contributed by atoms with E-state index in [0.717, 1.165) is 18.2 Å². The molecule has 2 heterocycles. The monoisotopic (exact) mass is 363 g/mol. The van der Waals surface area contributed by atoms with Gasteiger partial charge in [-0.15, -0.1) is 0 Å². The molecule has 0 radical (unpaired) electrons. The number of unbranched alkanes of at least 4 members (excludes halogenated alkanes) is 1. The second-order valence-electron chi connectivity index (χ2n) is 6.18. The van der Waals surface area contributed by atoms with Gasteiger partial charge in [0, 0.05) is 20.0 Å². The summed E-state index contributed by atoms with van der Waals surface area (Å²) in [6, 6.07) is 0. The second kappa shape index (κ2) is 14.3. The van der Waals surface area contributed by atoms with Crippen molar-refractivity contribution in [2.75, 3.05) is 6.54 Å². The van der Waals surface area contributed by atoms with E-state index in [-0.39, 0.29) is 5.78 Å². The van der Waals surface area contributed by atoms with Crippen LogP contribution in [0.15, 0.2) is 18.3 Å². The Morgan fingerprint density at radius 1 is 1.31 bits per heavy atom. The number of allylic oxidation sites excluding steroid dienone is 2. The average molecular weight is 364 g/mol. The van der Waals surface area contributed by atoms with E-state index in [4.69, 9.17) is 0 Å². The van der Waals surface area contributed by atoms with Crippen LogP contribution >= 0.6 is 0 Å². The third kappa shape index (κ3) is 7.98. The second-order valence-corrected chi connectivity index (χ2v) is 6.18. The molecule has 0 spiro atoms. The van der Waals surface area contributed by atoms with E-state index in [1.165, 1.54) is 32.6 Å². The summed E-state index contributed by atoms with van der Waals surface area (Å²) in [7, 11) is 0. The van der Waals surface area contributed by atoms with Crippen molar-refractivity contribution in [3.05, 3.63) is 29.9 Å². The fourth-order valence-electron chi connectivity index (χ4n) is 2.82. The summed E-state index contributed by atoms with van der Waals surface area (Å²) in [6.07, 6.45) is 12.3. The molecule has 5 nitrogen and oxygen atoms in total. The largest absolute Gasteiger partial charge is 0.336 e. The zero-order valence-electron chi connectivity index (χ0n) is 17.5. The van der Waals surface area contributed by atoms with Gasteiger partial charge < -0.3 is 9.47 Å². The summed E-state index contributed by atoms with van der Waals surface area (Å²) in [5.41, 5.74) is 0.630. The first-order chi connectivity index (χ1) is 12.6. The predicted molar refractivity (Wildman–Crippen MR) is 108 cm³/mol. The summed E-state index contributed by atoms with van der Waals surface area (Å²) >= 11 is 0. The summed E-state index contributed by atoms with van der Waals surface area (Å²) in [5, 5.41) is 0. The normalized spacial score (nSPS) is 13.8. The molecular weight excluding hydrogens is 326 g/mol. The number of carbonyl (C=O) groups is 2. The molecule has 0 saturated heterocycles. The summed E-state index contributed by atoms with van der Waals surface area (Å²) < 4.78 is 1.88. The first kappa shape index (κ1) is 24.1. The van der Waals surface area contributed by atoms with Crippen molar-refractivity contribution in [1.82, 2.24) is 14.5 Å². The summed E-state index contributed by atoms with van der Waals surface area (Å²) in [4.78, 5) is 27.5. The van der Waals surface area contributed by atoms with Gasteiger partial charge >= 0.3 is 0 Å². The molecule has 1 aromatic rings. The lowest BCUT2D eigenvalue weighted by Crippen LogP contribution is -2.33. The molecule has 5 heteroatoms. The van der Waals surface area contributed by atoms with Gasteiger partial charge in [0.1, 0.15) is 11.5 Å². The van der Waals surface area contributed by atoms with Crippen molar-refractivity contribution in [2.24, 2.45) is 5.92 Å². The van der Waals surface area contributed by atoms with Crippen molar-refractivity contribution >= 4 is 12.2 Å². The van der Waals surface area contributed by atoms with Crippen molar-refractivity contribution in [3.63, 3.8) is 0 Å². The van der Waals surface area contributed by atoms with Gasteiger partial charge in [0.15, 0.2) is 5.78 Å². The first-order valence-electron chi connectivity index (χ1n) is 9.94. The Kier molecular flexibility index (Phi) is 13.2. The Balaban J connectivity index is 0.000000464. The van der Waals surface area contributed by atoms with Crippen molar-refractivity contribution < 1.29 is 9.59 Å². The number of Topliss-reactive ketones (excluding diaryl/α,β-unsaturated/α-hetero) is 1. The number of fused-ring (bicyclic) bond motifs is 1. The Bertz CT molecular complexity index is 549. The molecule has 0 aliphatic carbocycles. The lowest BCUT2D eigenvalue weighted by atomic mass is 9.99.